The monoisotopic (exact) mass is 535 g/mol. The third-order valence-electron chi connectivity index (χ3n) is 6.25. The Morgan fingerprint density at radius 3 is 2.58 bits per heavy atom. The lowest BCUT2D eigenvalue weighted by atomic mass is 10.0. The average Bonchev–Trinajstić information content (AvgIpc) is 3.28. The summed E-state index contributed by atoms with van der Waals surface area (Å²) in [6.07, 6.45) is -0.599. The minimum Gasteiger partial charge on any atom is -0.326 e. The lowest BCUT2D eigenvalue weighted by Gasteiger charge is -2.22. The highest BCUT2D eigenvalue weighted by atomic mass is 35.5. The number of nitrogens with zero attached hydrogens (tertiary/aromatic N) is 2. The summed E-state index contributed by atoms with van der Waals surface area (Å²) in [7, 11) is 1.71. The van der Waals surface area contributed by atoms with Crippen molar-refractivity contribution in [1.29, 1.82) is 0 Å². The predicted octanol–water partition coefficient (Wildman–Crippen LogP) is 6.34. The maximum absolute atomic E-state index is 13.4. The van der Waals surface area contributed by atoms with Crippen LogP contribution in [0.4, 0.5) is 5.69 Å². The van der Waals surface area contributed by atoms with Gasteiger partial charge < -0.3 is 10.2 Å². The van der Waals surface area contributed by atoms with Gasteiger partial charge >= 0.3 is 0 Å². The van der Waals surface area contributed by atoms with Crippen molar-refractivity contribution < 1.29 is 9.59 Å². The molecule has 4 aromatic rings. The first kappa shape index (κ1) is 24.5. The van der Waals surface area contributed by atoms with Crippen molar-refractivity contribution in [2.24, 2.45) is 10.9 Å². The molecule has 1 unspecified atom stereocenters. The Balaban J connectivity index is 1.48. The lowest BCUT2D eigenvalue weighted by molar-refractivity contribution is -0.129. The summed E-state index contributed by atoms with van der Waals surface area (Å²) < 4.78 is 1.13. The number of carbonyl (C=O) groups is 2. The largest absolute Gasteiger partial charge is 0.326 e. The number of nitrogens with one attached hydrogen (secondary N) is 1. The molecule has 1 N–H and O–H groups in total. The molecule has 0 bridgehead atoms. The van der Waals surface area contributed by atoms with Crippen molar-refractivity contribution in [3.8, 4) is 0 Å². The molecule has 8 heteroatoms. The first-order valence-electron chi connectivity index (χ1n) is 11.5. The average molecular weight is 536 g/mol. The van der Waals surface area contributed by atoms with E-state index >= 15 is 0 Å². The Hall–Kier alpha value is -3.19. The molecule has 3 aromatic carbocycles. The topological polar surface area (TPSA) is 61.8 Å². The number of hydrogen-bond acceptors (Lipinski definition) is 4. The summed E-state index contributed by atoms with van der Waals surface area (Å²) in [5, 5.41) is 4.90. The van der Waals surface area contributed by atoms with Crippen LogP contribution in [0.2, 0.25) is 10.0 Å². The van der Waals surface area contributed by atoms with Crippen LogP contribution in [-0.2, 0) is 16.0 Å². The minimum atomic E-state index is -1.05. The molecule has 0 fully saturated rings. The molecular weight excluding hydrogens is 513 g/mol. The number of aliphatic imine (C=N–C) groups is 1. The highest BCUT2D eigenvalue weighted by molar-refractivity contribution is 7.21. The van der Waals surface area contributed by atoms with Gasteiger partial charge in [-0.3, -0.25) is 9.59 Å². The first-order valence-corrected chi connectivity index (χ1v) is 13.1. The normalized spacial score (nSPS) is 16.3. The molecule has 1 aromatic heterocycles. The van der Waals surface area contributed by atoms with E-state index < -0.39 is 12.1 Å². The van der Waals surface area contributed by atoms with Gasteiger partial charge in [0, 0.05) is 23.2 Å². The van der Waals surface area contributed by atoms with Gasteiger partial charge in [0.2, 0.25) is 12.1 Å². The molecule has 0 spiro atoms. The number of rotatable bonds is 5. The van der Waals surface area contributed by atoms with Crippen molar-refractivity contribution in [3.05, 3.63) is 98.8 Å². The molecule has 182 valence electrons. The number of carbonyl (C=O) groups excluding carboxylic acids is 2. The highest BCUT2D eigenvalue weighted by Crippen LogP contribution is 2.33. The summed E-state index contributed by atoms with van der Waals surface area (Å²) in [6, 6.07) is 23.2. The van der Waals surface area contributed by atoms with Gasteiger partial charge in [-0.05, 0) is 47.7 Å². The zero-order valence-electron chi connectivity index (χ0n) is 19.7. The van der Waals surface area contributed by atoms with Gasteiger partial charge in [-0.25, -0.2) is 4.99 Å². The lowest BCUT2D eigenvalue weighted by Crippen LogP contribution is -2.47. The van der Waals surface area contributed by atoms with Crippen LogP contribution >= 0.6 is 34.5 Å². The van der Waals surface area contributed by atoms with E-state index in [0.717, 1.165) is 31.8 Å². The van der Waals surface area contributed by atoms with E-state index in [1.54, 1.807) is 35.4 Å². The molecule has 0 aliphatic carbocycles. The molecule has 1 aliphatic heterocycles. The summed E-state index contributed by atoms with van der Waals surface area (Å²) in [4.78, 5) is 33.9. The van der Waals surface area contributed by atoms with Crippen LogP contribution in [0.15, 0.2) is 77.8 Å². The summed E-state index contributed by atoms with van der Waals surface area (Å²) in [5.41, 5.74) is 3.17. The van der Waals surface area contributed by atoms with E-state index in [1.807, 2.05) is 49.4 Å². The van der Waals surface area contributed by atoms with Crippen molar-refractivity contribution in [1.82, 2.24) is 5.32 Å². The number of halogens is 2. The van der Waals surface area contributed by atoms with Crippen LogP contribution in [0, 0.1) is 5.92 Å². The van der Waals surface area contributed by atoms with Crippen molar-refractivity contribution in [2.75, 3.05) is 11.9 Å². The second-order valence-electron chi connectivity index (χ2n) is 8.81. The van der Waals surface area contributed by atoms with Gasteiger partial charge in [0.25, 0.3) is 5.91 Å². The van der Waals surface area contributed by atoms with E-state index in [9.17, 15) is 9.59 Å². The Labute approximate surface area is 223 Å². The second kappa shape index (κ2) is 10.1. The molecule has 0 saturated carbocycles. The third-order valence-corrected chi connectivity index (χ3v) is 8.12. The predicted molar refractivity (Wildman–Crippen MR) is 149 cm³/mol. The summed E-state index contributed by atoms with van der Waals surface area (Å²) in [6.45, 7) is 1.81. The number of benzodiazepines with no additional fused rings is 1. The van der Waals surface area contributed by atoms with Crippen LogP contribution in [-0.4, -0.2) is 30.7 Å². The van der Waals surface area contributed by atoms with E-state index in [2.05, 4.69) is 23.5 Å². The number of thiophene rings is 1. The van der Waals surface area contributed by atoms with Gasteiger partial charge in [-0.2, -0.15) is 0 Å². The number of benzene rings is 3. The summed E-state index contributed by atoms with van der Waals surface area (Å²) >= 11 is 13.8. The van der Waals surface area contributed by atoms with Crippen LogP contribution in [0.25, 0.3) is 10.1 Å². The fourth-order valence-electron chi connectivity index (χ4n) is 4.30. The van der Waals surface area contributed by atoms with Gasteiger partial charge in [-0.15, -0.1) is 11.3 Å². The molecule has 36 heavy (non-hydrogen) atoms. The van der Waals surface area contributed by atoms with Gasteiger partial charge in [0.1, 0.15) is 0 Å². The molecule has 1 aliphatic rings. The molecule has 0 saturated heterocycles. The highest BCUT2D eigenvalue weighted by Gasteiger charge is 2.32. The Bertz CT molecular complexity index is 1480. The molecule has 2 atom stereocenters. The van der Waals surface area contributed by atoms with Gasteiger partial charge in [-0.1, -0.05) is 72.6 Å². The maximum Gasteiger partial charge on any atom is 0.272 e. The zero-order chi connectivity index (χ0) is 25.4. The van der Waals surface area contributed by atoms with Crippen LogP contribution in [0.3, 0.4) is 0 Å². The zero-order valence-corrected chi connectivity index (χ0v) is 22.0. The van der Waals surface area contributed by atoms with Crippen molar-refractivity contribution in [2.45, 2.75) is 19.5 Å². The maximum atomic E-state index is 13.4. The smallest absolute Gasteiger partial charge is 0.272 e. The fraction of sp³-hybridized carbons (Fsp3) is 0.179. The number of amides is 2. The molecule has 2 heterocycles. The van der Waals surface area contributed by atoms with Crippen LogP contribution in [0.1, 0.15) is 22.9 Å². The number of likely N-dealkylation sites (N-methyl/N-ethyl adjacent to an activating group) is 1. The Morgan fingerprint density at radius 1 is 1.06 bits per heavy atom. The van der Waals surface area contributed by atoms with Crippen LogP contribution in [0.5, 0.6) is 0 Å². The van der Waals surface area contributed by atoms with E-state index in [-0.39, 0.29) is 11.8 Å². The van der Waals surface area contributed by atoms with Gasteiger partial charge in [0.05, 0.1) is 26.3 Å². The van der Waals surface area contributed by atoms with Crippen molar-refractivity contribution in [3.63, 3.8) is 0 Å². The minimum absolute atomic E-state index is 0.266. The molecule has 5 nitrogen and oxygen atoms in total. The Kier molecular flexibility index (Phi) is 6.84. The number of hydrogen-bond donors (Lipinski definition) is 1. The first-order chi connectivity index (χ1) is 17.3. The number of fused-ring (bicyclic) bond motifs is 2. The number of anilines is 1. The van der Waals surface area contributed by atoms with Crippen molar-refractivity contribution >= 4 is 67.8 Å². The molecule has 2 amide bonds. The third kappa shape index (κ3) is 4.76. The SMILES string of the molecule is C[C@@H](Cc1ccc(Cl)c(Cl)c1)C(=O)NC1N=C(c2cc3ccccc3s2)c2ccccc2N(C)C1=O. The van der Waals surface area contributed by atoms with Crippen LogP contribution < -0.4 is 10.2 Å². The molecule has 5 rings (SSSR count). The molecule has 0 radical (unpaired) electrons. The quantitative estimate of drug-likeness (QED) is 0.324. The Morgan fingerprint density at radius 2 is 1.81 bits per heavy atom. The van der Waals surface area contributed by atoms with E-state index in [4.69, 9.17) is 28.2 Å². The summed E-state index contributed by atoms with van der Waals surface area (Å²) in [5.74, 6) is -0.971. The second-order valence-corrected chi connectivity index (χ2v) is 10.7. The standard InChI is InChI=1S/C28H23Cl2N3O2S/c1-16(13-17-11-12-20(29)21(30)14-17)27(34)32-26-28(35)33(2)22-9-5-4-8-19(22)25(31-26)24-15-18-7-3-6-10-23(18)36-24/h3-12,14-16,26H,13H2,1-2H3,(H,32,34)/t16-,26?/m0/s1. The van der Waals surface area contributed by atoms with E-state index in [0.29, 0.717) is 22.2 Å². The molecular formula is C28H23Cl2N3O2S. The van der Waals surface area contributed by atoms with Gasteiger partial charge in [0.15, 0.2) is 0 Å². The van der Waals surface area contributed by atoms with E-state index in [1.165, 1.54) is 0 Å². The fourth-order valence-corrected chi connectivity index (χ4v) is 5.70. The number of para-hydroxylation sites is 1.